The predicted octanol–water partition coefficient (Wildman–Crippen LogP) is 4.31. The van der Waals surface area contributed by atoms with E-state index in [4.69, 9.17) is 5.11 Å². The minimum atomic E-state index is 0.0443. The van der Waals surface area contributed by atoms with Gasteiger partial charge in [-0.2, -0.15) is 0 Å². The third kappa shape index (κ3) is 3.49. The van der Waals surface area contributed by atoms with Crippen LogP contribution in [0.5, 0.6) is 0 Å². The monoisotopic (exact) mass is 252 g/mol. The molecule has 0 bridgehead atoms. The second-order valence-corrected chi connectivity index (χ2v) is 6.42. The first-order valence-corrected chi connectivity index (χ1v) is 7.24. The lowest BCUT2D eigenvalue weighted by atomic mass is 9.79. The molecule has 0 unspecified atom stereocenters. The van der Waals surface area contributed by atoms with Crippen LogP contribution in [0.25, 0.3) is 0 Å². The van der Waals surface area contributed by atoms with Gasteiger partial charge in [-0.25, -0.2) is 0 Å². The molecule has 0 atom stereocenters. The molecule has 1 nitrogen and oxygen atoms in total. The lowest BCUT2D eigenvalue weighted by Gasteiger charge is -2.35. The zero-order chi connectivity index (χ0) is 13.1. The number of aliphatic hydroxyl groups excluding tert-OH is 1. The molecule has 0 radical (unpaired) electrons. The average Bonchev–Trinajstić information content (AvgIpc) is 2.30. The van der Waals surface area contributed by atoms with Crippen LogP contribution in [-0.2, 0) is 0 Å². The van der Waals surface area contributed by atoms with Gasteiger partial charge in [0, 0.05) is 4.91 Å². The number of rotatable bonds is 3. The maximum absolute atomic E-state index is 9.15. The zero-order valence-electron chi connectivity index (χ0n) is 11.5. The van der Waals surface area contributed by atoms with Crippen LogP contribution < -0.4 is 0 Å². The van der Waals surface area contributed by atoms with Crippen molar-refractivity contribution in [3.63, 3.8) is 0 Å². The number of hydrogen-bond acceptors (Lipinski definition) is 2. The molecule has 0 saturated carbocycles. The number of hydrogen-bond donors (Lipinski definition) is 1. The summed E-state index contributed by atoms with van der Waals surface area (Å²) in [7, 11) is 0. The van der Waals surface area contributed by atoms with Crippen LogP contribution in [0, 0.1) is 5.41 Å². The second kappa shape index (κ2) is 5.92. The molecular weight excluding hydrogens is 228 g/mol. The molecule has 1 aliphatic heterocycles. The second-order valence-electron chi connectivity index (χ2n) is 5.32. The van der Waals surface area contributed by atoms with Gasteiger partial charge in [0.1, 0.15) is 0 Å². The molecule has 1 rings (SSSR count). The van der Waals surface area contributed by atoms with E-state index in [0.717, 1.165) is 12.0 Å². The number of allylic oxidation sites excluding steroid dienone is 2. The van der Waals surface area contributed by atoms with Crippen molar-refractivity contribution in [2.24, 2.45) is 5.41 Å². The first-order chi connectivity index (χ1) is 7.92. The molecule has 0 aromatic rings. The molecule has 1 fully saturated rings. The van der Waals surface area contributed by atoms with Gasteiger partial charge in [-0.05, 0) is 42.1 Å². The molecule has 2 heteroatoms. The van der Waals surface area contributed by atoms with E-state index in [1.54, 1.807) is 0 Å². The quantitative estimate of drug-likeness (QED) is 0.807. The van der Waals surface area contributed by atoms with E-state index in [-0.39, 0.29) is 12.0 Å². The van der Waals surface area contributed by atoms with Gasteiger partial charge in [-0.1, -0.05) is 39.0 Å². The smallest absolute Gasteiger partial charge is 0.0676 e. The van der Waals surface area contributed by atoms with Crippen molar-refractivity contribution < 1.29 is 5.11 Å². The van der Waals surface area contributed by atoms with Crippen molar-refractivity contribution >= 4 is 11.8 Å². The predicted molar refractivity (Wildman–Crippen MR) is 78.2 cm³/mol. The topological polar surface area (TPSA) is 20.2 Å². The molecule has 17 heavy (non-hydrogen) atoms. The van der Waals surface area contributed by atoms with Crippen LogP contribution in [0.2, 0.25) is 0 Å². The highest BCUT2D eigenvalue weighted by atomic mass is 32.2. The summed E-state index contributed by atoms with van der Waals surface area (Å²) in [6.45, 7) is 12.9. The Bertz CT molecular complexity index is 361. The first-order valence-electron chi connectivity index (χ1n) is 6.26. The van der Waals surface area contributed by atoms with E-state index in [1.165, 1.54) is 28.2 Å². The lowest BCUT2D eigenvalue weighted by molar-refractivity contribution is 0.334. The fourth-order valence-electron chi connectivity index (χ4n) is 1.95. The van der Waals surface area contributed by atoms with Crippen LogP contribution >= 0.6 is 11.8 Å². The highest BCUT2D eigenvalue weighted by Crippen LogP contribution is 2.47. The summed E-state index contributed by atoms with van der Waals surface area (Å²) in [5, 5.41) is 9.15. The fourth-order valence-corrected chi connectivity index (χ4v) is 3.65. The molecule has 0 amide bonds. The molecule has 0 aromatic carbocycles. The molecule has 1 heterocycles. The Balaban J connectivity index is 3.21. The molecule has 0 aromatic heterocycles. The first kappa shape index (κ1) is 14.6. The van der Waals surface area contributed by atoms with Gasteiger partial charge in [0.2, 0.25) is 0 Å². The van der Waals surface area contributed by atoms with Gasteiger partial charge in [-0.15, -0.1) is 11.8 Å². The number of thioether (sulfide) groups is 1. The molecule has 1 aliphatic rings. The Morgan fingerprint density at radius 1 is 1.53 bits per heavy atom. The van der Waals surface area contributed by atoms with Crippen molar-refractivity contribution in [1.29, 1.82) is 0 Å². The zero-order valence-corrected chi connectivity index (χ0v) is 12.3. The maximum Gasteiger partial charge on any atom is 0.0676 e. The Kier molecular flexibility index (Phi) is 5.08. The molecule has 1 saturated heterocycles. The normalized spacial score (nSPS) is 24.9. The molecule has 0 spiro atoms. The summed E-state index contributed by atoms with van der Waals surface area (Å²) < 4.78 is 0. The average molecular weight is 252 g/mol. The van der Waals surface area contributed by atoms with Crippen molar-refractivity contribution in [1.82, 2.24) is 0 Å². The number of aliphatic hydroxyl groups is 1. The van der Waals surface area contributed by atoms with Crippen LogP contribution in [-0.4, -0.2) is 17.5 Å². The molecule has 0 aliphatic carbocycles. The summed E-state index contributed by atoms with van der Waals surface area (Å²) >= 11 is 1.95. The van der Waals surface area contributed by atoms with E-state index in [1.807, 2.05) is 11.8 Å². The third-order valence-electron chi connectivity index (χ3n) is 3.42. The van der Waals surface area contributed by atoms with Gasteiger partial charge in [0.15, 0.2) is 0 Å². The van der Waals surface area contributed by atoms with Crippen LogP contribution in [0.3, 0.4) is 0 Å². The van der Waals surface area contributed by atoms with Crippen molar-refractivity contribution in [3.8, 4) is 0 Å². The van der Waals surface area contributed by atoms with Gasteiger partial charge < -0.3 is 5.11 Å². The van der Waals surface area contributed by atoms with E-state index in [9.17, 15) is 0 Å². The largest absolute Gasteiger partial charge is 0.392 e. The summed E-state index contributed by atoms with van der Waals surface area (Å²) in [6.07, 6.45) is 4.35. The summed E-state index contributed by atoms with van der Waals surface area (Å²) in [5.74, 6) is 1.18. The summed E-state index contributed by atoms with van der Waals surface area (Å²) in [4.78, 5) is 1.42. The van der Waals surface area contributed by atoms with E-state index >= 15 is 0 Å². The molecule has 1 N–H and O–H groups in total. The maximum atomic E-state index is 9.15. The minimum absolute atomic E-state index is 0.0443. The van der Waals surface area contributed by atoms with Gasteiger partial charge >= 0.3 is 0 Å². The Hall–Kier alpha value is -0.470. The van der Waals surface area contributed by atoms with E-state index < -0.39 is 0 Å². The molecular formula is C15H24OS. The Labute approximate surface area is 110 Å². The Morgan fingerprint density at radius 3 is 2.71 bits per heavy atom. The van der Waals surface area contributed by atoms with Crippen molar-refractivity contribution in [3.05, 3.63) is 34.3 Å². The van der Waals surface area contributed by atoms with Crippen LogP contribution in [0.1, 0.15) is 40.5 Å². The van der Waals surface area contributed by atoms with Crippen LogP contribution in [0.4, 0.5) is 0 Å². The van der Waals surface area contributed by atoms with Gasteiger partial charge in [0.25, 0.3) is 0 Å². The van der Waals surface area contributed by atoms with Crippen molar-refractivity contribution in [2.45, 2.75) is 40.5 Å². The highest BCUT2D eigenvalue weighted by Gasteiger charge is 2.31. The summed E-state index contributed by atoms with van der Waals surface area (Å²) in [5.41, 5.74) is 3.79. The third-order valence-corrected chi connectivity index (χ3v) is 4.68. The standard InChI is InChI=1S/C15H24OS/c1-6-12(3)14-13(9-11(2)10-16)15(4,5)7-8-17-14/h9,16H,2,6-8,10H2,1,3-5H3/b13-9+,14-12-. The lowest BCUT2D eigenvalue weighted by Crippen LogP contribution is -2.22. The SMILES string of the molecule is C=C(/C=C1\C(=C(/C)CC)SCCC1(C)C)CO. The highest BCUT2D eigenvalue weighted by molar-refractivity contribution is 8.03. The molecule has 96 valence electrons. The van der Waals surface area contributed by atoms with E-state index in [0.29, 0.717) is 0 Å². The van der Waals surface area contributed by atoms with Crippen LogP contribution in [0.15, 0.2) is 34.3 Å². The Morgan fingerprint density at radius 2 is 2.18 bits per heavy atom. The van der Waals surface area contributed by atoms with Crippen molar-refractivity contribution in [2.75, 3.05) is 12.4 Å². The van der Waals surface area contributed by atoms with Gasteiger partial charge in [-0.3, -0.25) is 0 Å². The van der Waals surface area contributed by atoms with E-state index in [2.05, 4.69) is 40.3 Å². The minimum Gasteiger partial charge on any atom is -0.392 e. The fraction of sp³-hybridized carbons (Fsp3) is 0.600. The van der Waals surface area contributed by atoms with Gasteiger partial charge in [0.05, 0.1) is 6.61 Å². The summed E-state index contributed by atoms with van der Waals surface area (Å²) in [6, 6.07) is 0.